The molecule has 0 fully saturated rings. The molecule has 1 N–H and O–H groups in total. The van der Waals surface area contributed by atoms with Crippen LogP contribution in [0, 0.1) is 0 Å². The molecule has 2 nitrogen and oxygen atoms in total. The Labute approximate surface area is 143 Å². The summed E-state index contributed by atoms with van der Waals surface area (Å²) in [6.45, 7) is 0.224. The highest BCUT2D eigenvalue weighted by molar-refractivity contribution is 9.11. The van der Waals surface area contributed by atoms with Crippen molar-refractivity contribution in [2.75, 3.05) is 0 Å². The molecule has 0 aliphatic carbocycles. The Kier molecular flexibility index (Phi) is 5.75. The van der Waals surface area contributed by atoms with E-state index in [-0.39, 0.29) is 13.2 Å². The smallest absolute Gasteiger partial charge is 0.148 e. The number of aliphatic hydroxyl groups excluding tert-OH is 1. The molecule has 2 aromatic rings. The van der Waals surface area contributed by atoms with Gasteiger partial charge >= 0.3 is 0 Å². The number of rotatable bonds is 4. The second-order valence-electron chi connectivity index (χ2n) is 4.04. The molecule has 0 spiro atoms. The third kappa shape index (κ3) is 3.68. The number of ether oxygens (including phenoxy) is 1. The van der Waals surface area contributed by atoms with Gasteiger partial charge in [-0.05, 0) is 61.7 Å². The first-order chi connectivity index (χ1) is 9.52. The highest BCUT2D eigenvalue weighted by Crippen LogP contribution is 2.36. The van der Waals surface area contributed by atoms with Crippen LogP contribution in [0.25, 0.3) is 0 Å². The topological polar surface area (TPSA) is 29.5 Å². The largest absolute Gasteiger partial charge is 0.486 e. The van der Waals surface area contributed by atoms with Crippen LogP contribution in [0.5, 0.6) is 5.75 Å². The van der Waals surface area contributed by atoms with Crippen molar-refractivity contribution in [3.63, 3.8) is 0 Å². The van der Waals surface area contributed by atoms with E-state index in [1.807, 2.05) is 0 Å². The molecule has 0 aliphatic rings. The Morgan fingerprint density at radius 1 is 1.05 bits per heavy atom. The Balaban J connectivity index is 2.23. The van der Waals surface area contributed by atoms with Gasteiger partial charge in [0.05, 0.1) is 15.6 Å². The van der Waals surface area contributed by atoms with Crippen LogP contribution in [0.15, 0.2) is 39.3 Å². The molecule has 0 unspecified atom stereocenters. The highest BCUT2D eigenvalue weighted by Gasteiger charge is 2.11. The summed E-state index contributed by atoms with van der Waals surface area (Å²) in [5, 5.41) is 10.3. The molecule has 0 amide bonds. The van der Waals surface area contributed by atoms with E-state index in [9.17, 15) is 0 Å². The van der Waals surface area contributed by atoms with Gasteiger partial charge in [0.15, 0.2) is 0 Å². The van der Waals surface area contributed by atoms with Crippen molar-refractivity contribution in [3.8, 4) is 5.75 Å². The first kappa shape index (κ1) is 16.1. The lowest BCUT2D eigenvalue weighted by molar-refractivity contribution is 0.280. The van der Waals surface area contributed by atoms with E-state index in [0.29, 0.717) is 15.8 Å². The molecule has 6 heteroatoms. The van der Waals surface area contributed by atoms with Crippen LogP contribution in [0.2, 0.25) is 10.0 Å². The Morgan fingerprint density at radius 2 is 1.60 bits per heavy atom. The number of halogens is 4. The quantitative estimate of drug-likeness (QED) is 0.671. The summed E-state index contributed by atoms with van der Waals surface area (Å²) in [4.78, 5) is 0. The van der Waals surface area contributed by atoms with Gasteiger partial charge in [-0.25, -0.2) is 0 Å². The minimum absolute atomic E-state index is 0.0339. The lowest BCUT2D eigenvalue weighted by atomic mass is 10.2. The third-order valence-corrected chi connectivity index (χ3v) is 4.55. The van der Waals surface area contributed by atoms with Crippen LogP contribution in [-0.2, 0) is 13.2 Å². The van der Waals surface area contributed by atoms with Crippen molar-refractivity contribution in [2.24, 2.45) is 0 Å². The number of hydrogen-bond donors (Lipinski definition) is 1. The summed E-state index contributed by atoms with van der Waals surface area (Å²) in [6, 6.07) is 8.93. The van der Waals surface area contributed by atoms with Gasteiger partial charge in [-0.2, -0.15) is 0 Å². The SMILES string of the molecule is OCc1cc(Br)c(OCc2c(Cl)cccc2Cl)c(Br)c1. The fourth-order valence-electron chi connectivity index (χ4n) is 1.66. The van der Waals surface area contributed by atoms with Gasteiger partial charge in [0, 0.05) is 15.6 Å². The van der Waals surface area contributed by atoms with Crippen molar-refractivity contribution in [1.82, 2.24) is 0 Å². The van der Waals surface area contributed by atoms with E-state index >= 15 is 0 Å². The summed E-state index contributed by atoms with van der Waals surface area (Å²) < 4.78 is 7.27. The van der Waals surface area contributed by atoms with Gasteiger partial charge in [0.2, 0.25) is 0 Å². The molecule has 0 saturated carbocycles. The number of aliphatic hydroxyl groups is 1. The maximum Gasteiger partial charge on any atom is 0.148 e. The standard InChI is InChI=1S/C14H10Br2Cl2O2/c15-10-4-8(6-19)5-11(16)14(10)20-7-9-12(17)2-1-3-13(9)18/h1-5,19H,6-7H2. The second kappa shape index (κ2) is 7.14. The lowest BCUT2D eigenvalue weighted by Gasteiger charge is -2.13. The molecule has 2 rings (SSSR count). The minimum atomic E-state index is -0.0339. The molecule has 0 saturated heterocycles. The zero-order valence-electron chi connectivity index (χ0n) is 10.2. The number of benzene rings is 2. The zero-order valence-corrected chi connectivity index (χ0v) is 14.9. The van der Waals surface area contributed by atoms with Gasteiger partial charge in [0.1, 0.15) is 12.4 Å². The first-order valence-electron chi connectivity index (χ1n) is 5.67. The summed E-state index contributed by atoms with van der Waals surface area (Å²) >= 11 is 19.0. The molecule has 0 aliphatic heterocycles. The molecule has 20 heavy (non-hydrogen) atoms. The van der Waals surface area contributed by atoms with Crippen LogP contribution in [0.1, 0.15) is 11.1 Å². The van der Waals surface area contributed by atoms with E-state index in [2.05, 4.69) is 31.9 Å². The van der Waals surface area contributed by atoms with E-state index < -0.39 is 0 Å². The van der Waals surface area contributed by atoms with E-state index in [0.717, 1.165) is 20.1 Å². The maximum absolute atomic E-state index is 9.14. The van der Waals surface area contributed by atoms with Crippen LogP contribution >= 0.6 is 55.1 Å². The molecule has 0 atom stereocenters. The monoisotopic (exact) mass is 438 g/mol. The van der Waals surface area contributed by atoms with Gasteiger partial charge < -0.3 is 9.84 Å². The molecule has 0 aromatic heterocycles. The van der Waals surface area contributed by atoms with Crippen molar-refractivity contribution >= 4 is 55.1 Å². The van der Waals surface area contributed by atoms with Crippen LogP contribution in [-0.4, -0.2) is 5.11 Å². The summed E-state index contributed by atoms with van der Waals surface area (Å²) in [6.07, 6.45) is 0. The maximum atomic E-state index is 9.14. The van der Waals surface area contributed by atoms with Gasteiger partial charge in [-0.1, -0.05) is 29.3 Å². The molecular weight excluding hydrogens is 431 g/mol. The Bertz CT molecular complexity index is 589. The number of hydrogen-bond acceptors (Lipinski definition) is 2. The molecule has 106 valence electrons. The van der Waals surface area contributed by atoms with Crippen molar-refractivity contribution in [1.29, 1.82) is 0 Å². The van der Waals surface area contributed by atoms with Crippen LogP contribution in [0.3, 0.4) is 0 Å². The second-order valence-corrected chi connectivity index (χ2v) is 6.56. The molecule has 0 radical (unpaired) electrons. The average Bonchev–Trinajstić information content (AvgIpc) is 2.40. The first-order valence-corrected chi connectivity index (χ1v) is 8.01. The van der Waals surface area contributed by atoms with Gasteiger partial charge in [0.25, 0.3) is 0 Å². The van der Waals surface area contributed by atoms with Crippen molar-refractivity contribution < 1.29 is 9.84 Å². The Morgan fingerprint density at radius 3 is 2.10 bits per heavy atom. The van der Waals surface area contributed by atoms with Gasteiger partial charge in [-0.15, -0.1) is 0 Å². The van der Waals surface area contributed by atoms with Gasteiger partial charge in [-0.3, -0.25) is 0 Å². The molecule has 2 aromatic carbocycles. The third-order valence-electron chi connectivity index (χ3n) is 2.66. The molecular formula is C14H10Br2Cl2O2. The predicted octanol–water partition coefficient (Wildman–Crippen LogP) is 5.59. The summed E-state index contributed by atoms with van der Waals surface area (Å²) in [7, 11) is 0. The molecule has 0 heterocycles. The van der Waals surface area contributed by atoms with Crippen molar-refractivity contribution in [2.45, 2.75) is 13.2 Å². The Hall–Kier alpha value is -0.260. The van der Waals surface area contributed by atoms with Crippen molar-refractivity contribution in [3.05, 3.63) is 60.4 Å². The van der Waals surface area contributed by atoms with Crippen LogP contribution < -0.4 is 4.74 Å². The average molecular weight is 441 g/mol. The normalized spacial score (nSPS) is 10.7. The minimum Gasteiger partial charge on any atom is -0.486 e. The lowest BCUT2D eigenvalue weighted by Crippen LogP contribution is -1.99. The van der Waals surface area contributed by atoms with E-state index in [1.165, 1.54) is 0 Å². The highest BCUT2D eigenvalue weighted by atomic mass is 79.9. The fourth-order valence-corrected chi connectivity index (χ4v) is 3.67. The van der Waals surface area contributed by atoms with Crippen LogP contribution in [0.4, 0.5) is 0 Å². The zero-order chi connectivity index (χ0) is 14.7. The van der Waals surface area contributed by atoms with E-state index in [4.69, 9.17) is 33.0 Å². The summed E-state index contributed by atoms with van der Waals surface area (Å²) in [5.74, 6) is 0.637. The fraction of sp³-hybridized carbons (Fsp3) is 0.143. The molecule has 0 bridgehead atoms. The predicted molar refractivity (Wildman–Crippen MR) is 88.6 cm³/mol. The van der Waals surface area contributed by atoms with E-state index in [1.54, 1.807) is 30.3 Å². The summed E-state index contributed by atoms with van der Waals surface area (Å²) in [5.41, 5.74) is 1.52.